The van der Waals surface area contributed by atoms with Crippen LogP contribution in [0.5, 0.6) is 0 Å². The third kappa shape index (κ3) is 3.95. The molecule has 0 spiro atoms. The molecule has 1 fully saturated rings. The molecule has 14 heavy (non-hydrogen) atoms. The van der Waals surface area contributed by atoms with E-state index in [1.54, 1.807) is 0 Å². The predicted octanol–water partition coefficient (Wildman–Crippen LogP) is 0.830. The highest BCUT2D eigenvalue weighted by Crippen LogP contribution is 2.18. The second kappa shape index (κ2) is 5.69. The fourth-order valence-electron chi connectivity index (χ4n) is 2.27. The lowest BCUT2D eigenvalue weighted by Gasteiger charge is -2.32. The minimum atomic E-state index is -0.131. The van der Waals surface area contributed by atoms with Crippen molar-refractivity contribution in [3.05, 3.63) is 0 Å². The smallest absolute Gasteiger partial charge is 0.0693 e. The van der Waals surface area contributed by atoms with Gasteiger partial charge < -0.3 is 15.3 Å². The molecule has 0 aromatic carbocycles. The van der Waals surface area contributed by atoms with E-state index in [0.717, 1.165) is 19.4 Å². The molecule has 0 aliphatic heterocycles. The molecule has 84 valence electrons. The number of hydrogen-bond acceptors (Lipinski definition) is 3. The highest BCUT2D eigenvalue weighted by Gasteiger charge is 2.23. The molecular weight excluding hydrogens is 176 g/mol. The molecule has 0 bridgehead atoms. The molecule has 1 saturated carbocycles. The maximum absolute atomic E-state index is 9.78. The zero-order valence-electron chi connectivity index (χ0n) is 9.66. The third-order valence-corrected chi connectivity index (χ3v) is 2.87. The Morgan fingerprint density at radius 3 is 2.57 bits per heavy atom. The standard InChI is InChI=1S/C11H24N2O/c1-9(8-13(2)3)12-10-6-4-5-7-11(10)14/h9-12,14H,4-8H2,1-3H3/t9?,10-,11-/m0/s1. The van der Waals surface area contributed by atoms with Crippen molar-refractivity contribution in [2.24, 2.45) is 0 Å². The zero-order valence-corrected chi connectivity index (χ0v) is 9.66. The molecule has 2 N–H and O–H groups in total. The van der Waals surface area contributed by atoms with Crippen molar-refractivity contribution >= 4 is 0 Å². The van der Waals surface area contributed by atoms with Gasteiger partial charge in [0.2, 0.25) is 0 Å². The number of rotatable bonds is 4. The van der Waals surface area contributed by atoms with Crippen molar-refractivity contribution in [2.75, 3.05) is 20.6 Å². The summed E-state index contributed by atoms with van der Waals surface area (Å²) in [6, 6.07) is 0.779. The first-order valence-electron chi connectivity index (χ1n) is 5.68. The second-order valence-corrected chi connectivity index (χ2v) is 4.79. The Bertz CT molecular complexity index is 161. The summed E-state index contributed by atoms with van der Waals surface area (Å²) in [5.74, 6) is 0. The molecule has 1 rings (SSSR count). The largest absolute Gasteiger partial charge is 0.392 e. The van der Waals surface area contributed by atoms with E-state index >= 15 is 0 Å². The molecule has 3 atom stereocenters. The molecule has 1 aliphatic rings. The fraction of sp³-hybridized carbons (Fsp3) is 1.00. The molecular formula is C11H24N2O. The van der Waals surface area contributed by atoms with Crippen LogP contribution in [0.3, 0.4) is 0 Å². The Balaban J connectivity index is 2.27. The Morgan fingerprint density at radius 1 is 1.36 bits per heavy atom. The van der Waals surface area contributed by atoms with Crippen molar-refractivity contribution in [1.82, 2.24) is 10.2 Å². The fourth-order valence-corrected chi connectivity index (χ4v) is 2.27. The Labute approximate surface area is 87.5 Å². The summed E-state index contributed by atoms with van der Waals surface area (Å²) >= 11 is 0. The van der Waals surface area contributed by atoms with E-state index in [9.17, 15) is 5.11 Å². The second-order valence-electron chi connectivity index (χ2n) is 4.79. The zero-order chi connectivity index (χ0) is 10.6. The van der Waals surface area contributed by atoms with Gasteiger partial charge >= 0.3 is 0 Å². The van der Waals surface area contributed by atoms with E-state index in [4.69, 9.17) is 0 Å². The van der Waals surface area contributed by atoms with Crippen molar-refractivity contribution in [3.63, 3.8) is 0 Å². The van der Waals surface area contributed by atoms with Crippen LogP contribution in [0.2, 0.25) is 0 Å². The molecule has 1 aliphatic carbocycles. The number of aliphatic hydroxyl groups is 1. The van der Waals surface area contributed by atoms with Crippen LogP contribution in [-0.4, -0.2) is 48.8 Å². The van der Waals surface area contributed by atoms with E-state index < -0.39 is 0 Å². The topological polar surface area (TPSA) is 35.5 Å². The van der Waals surface area contributed by atoms with Gasteiger partial charge in [-0.15, -0.1) is 0 Å². The van der Waals surface area contributed by atoms with Crippen LogP contribution < -0.4 is 5.32 Å². The van der Waals surface area contributed by atoms with E-state index in [1.165, 1.54) is 12.8 Å². The predicted molar refractivity (Wildman–Crippen MR) is 59.4 cm³/mol. The molecule has 0 aromatic heterocycles. The van der Waals surface area contributed by atoms with Gasteiger partial charge in [0.15, 0.2) is 0 Å². The third-order valence-electron chi connectivity index (χ3n) is 2.87. The van der Waals surface area contributed by atoms with Crippen molar-refractivity contribution in [2.45, 2.75) is 50.8 Å². The van der Waals surface area contributed by atoms with E-state index in [0.29, 0.717) is 12.1 Å². The Morgan fingerprint density at radius 2 is 2.00 bits per heavy atom. The molecule has 3 heteroatoms. The maximum atomic E-state index is 9.78. The van der Waals surface area contributed by atoms with Crippen LogP contribution in [0, 0.1) is 0 Å². The summed E-state index contributed by atoms with van der Waals surface area (Å²) < 4.78 is 0. The van der Waals surface area contributed by atoms with Gasteiger partial charge in [-0.3, -0.25) is 0 Å². The van der Waals surface area contributed by atoms with Gasteiger partial charge in [-0.25, -0.2) is 0 Å². The SMILES string of the molecule is CC(CN(C)C)N[C@H]1CCCC[C@@H]1O. The summed E-state index contributed by atoms with van der Waals surface area (Å²) in [6.45, 7) is 3.21. The molecule has 1 unspecified atom stereocenters. The highest BCUT2D eigenvalue weighted by atomic mass is 16.3. The average Bonchev–Trinajstić information content (AvgIpc) is 2.07. The molecule has 0 aromatic rings. The number of aliphatic hydroxyl groups excluding tert-OH is 1. The molecule has 0 radical (unpaired) electrons. The normalized spacial score (nSPS) is 30.6. The van der Waals surface area contributed by atoms with Crippen LogP contribution in [0.15, 0.2) is 0 Å². The summed E-state index contributed by atoms with van der Waals surface area (Å²) in [7, 11) is 4.16. The van der Waals surface area contributed by atoms with Crippen LogP contribution in [0.4, 0.5) is 0 Å². The number of nitrogens with zero attached hydrogens (tertiary/aromatic N) is 1. The maximum Gasteiger partial charge on any atom is 0.0693 e. The van der Waals surface area contributed by atoms with Gasteiger partial charge in [-0.2, -0.15) is 0 Å². The molecule has 3 nitrogen and oxygen atoms in total. The lowest BCUT2D eigenvalue weighted by molar-refractivity contribution is 0.0839. The van der Waals surface area contributed by atoms with Crippen LogP contribution in [0.1, 0.15) is 32.6 Å². The summed E-state index contributed by atoms with van der Waals surface area (Å²) in [6.07, 6.45) is 4.39. The monoisotopic (exact) mass is 200 g/mol. The van der Waals surface area contributed by atoms with Crippen LogP contribution >= 0.6 is 0 Å². The first-order chi connectivity index (χ1) is 6.59. The summed E-state index contributed by atoms with van der Waals surface area (Å²) in [4.78, 5) is 2.17. The number of likely N-dealkylation sites (N-methyl/N-ethyl adjacent to an activating group) is 1. The van der Waals surface area contributed by atoms with Gasteiger partial charge in [0.25, 0.3) is 0 Å². The first kappa shape index (κ1) is 12.0. The van der Waals surface area contributed by atoms with E-state index in [1.807, 2.05) is 0 Å². The van der Waals surface area contributed by atoms with Crippen molar-refractivity contribution < 1.29 is 5.11 Å². The van der Waals surface area contributed by atoms with Gasteiger partial charge in [0, 0.05) is 18.6 Å². The van der Waals surface area contributed by atoms with Crippen molar-refractivity contribution in [1.29, 1.82) is 0 Å². The quantitative estimate of drug-likeness (QED) is 0.705. The Kier molecular flexibility index (Phi) is 4.85. The Hall–Kier alpha value is -0.120. The van der Waals surface area contributed by atoms with E-state index in [-0.39, 0.29) is 6.10 Å². The van der Waals surface area contributed by atoms with Gasteiger partial charge in [0.1, 0.15) is 0 Å². The number of nitrogens with one attached hydrogen (secondary N) is 1. The summed E-state index contributed by atoms with van der Waals surface area (Å²) in [5.41, 5.74) is 0. The average molecular weight is 200 g/mol. The number of hydrogen-bond donors (Lipinski definition) is 2. The minimum Gasteiger partial charge on any atom is -0.392 e. The van der Waals surface area contributed by atoms with E-state index in [2.05, 4.69) is 31.2 Å². The van der Waals surface area contributed by atoms with Crippen LogP contribution in [0.25, 0.3) is 0 Å². The minimum absolute atomic E-state index is 0.131. The van der Waals surface area contributed by atoms with Crippen molar-refractivity contribution in [3.8, 4) is 0 Å². The summed E-state index contributed by atoms with van der Waals surface area (Å²) in [5, 5.41) is 13.3. The highest BCUT2D eigenvalue weighted by molar-refractivity contribution is 4.82. The molecule has 0 amide bonds. The van der Waals surface area contributed by atoms with Gasteiger partial charge in [0.05, 0.1) is 6.10 Å². The van der Waals surface area contributed by atoms with Gasteiger partial charge in [-0.05, 0) is 33.9 Å². The lowest BCUT2D eigenvalue weighted by atomic mass is 9.92. The molecule has 0 heterocycles. The van der Waals surface area contributed by atoms with Crippen LogP contribution in [-0.2, 0) is 0 Å². The van der Waals surface area contributed by atoms with Gasteiger partial charge in [-0.1, -0.05) is 12.8 Å². The molecule has 0 saturated heterocycles. The first-order valence-corrected chi connectivity index (χ1v) is 5.68. The lowest BCUT2D eigenvalue weighted by Crippen LogP contribution is -2.48.